The zero-order valence-corrected chi connectivity index (χ0v) is 21.2. The van der Waals surface area contributed by atoms with Crippen LogP contribution in [0.4, 0.5) is 0 Å². The maximum absolute atomic E-state index is 12.0. The highest BCUT2D eigenvalue weighted by atomic mass is 16.6. The van der Waals surface area contributed by atoms with Crippen LogP contribution in [-0.2, 0) is 19.1 Å². The van der Waals surface area contributed by atoms with Crippen LogP contribution >= 0.6 is 0 Å². The first kappa shape index (κ1) is 29.1. The normalized spacial score (nSPS) is 19.5. The summed E-state index contributed by atoms with van der Waals surface area (Å²) in [5.41, 5.74) is 0. The number of unbranched alkanes of at least 4 members (excludes halogenated alkanes) is 4. The Bertz CT molecular complexity index is 647. The van der Waals surface area contributed by atoms with E-state index in [1.807, 2.05) is 21.1 Å². The number of allylic oxidation sites excluding steroid dienone is 4. The van der Waals surface area contributed by atoms with Gasteiger partial charge in [0.15, 0.2) is 6.10 Å². The third-order valence-electron chi connectivity index (χ3n) is 5.37. The summed E-state index contributed by atoms with van der Waals surface area (Å²) in [6.07, 6.45) is 22.8. The van der Waals surface area contributed by atoms with Crippen LogP contribution in [-0.4, -0.2) is 67.5 Å². The average molecular weight is 465 g/mol. The predicted octanol–water partition coefficient (Wildman–Crippen LogP) is 5.44. The van der Waals surface area contributed by atoms with Crippen molar-refractivity contribution >= 4 is 11.9 Å². The number of carbonyl (C=O) groups is 2. The molecule has 0 aliphatic carbocycles. The lowest BCUT2D eigenvalue weighted by Gasteiger charge is -2.28. The van der Waals surface area contributed by atoms with Crippen LogP contribution in [0.5, 0.6) is 0 Å². The highest BCUT2D eigenvalue weighted by molar-refractivity contribution is 5.71. The van der Waals surface area contributed by atoms with Gasteiger partial charge in [0.1, 0.15) is 6.54 Å². The predicted molar refractivity (Wildman–Crippen MR) is 133 cm³/mol. The Morgan fingerprint density at radius 2 is 1.55 bits per heavy atom. The Morgan fingerprint density at radius 3 is 2.18 bits per heavy atom. The van der Waals surface area contributed by atoms with E-state index in [9.17, 15) is 9.59 Å². The third kappa shape index (κ3) is 17.3. The number of ether oxygens (including phenoxy) is 2. The SMILES string of the molecule is CCCCC/C=C/CC1OC1C/C=C/C/C=C/CCCC(=O)OC(CC(=O)O)C[N+](C)(C)C. The van der Waals surface area contributed by atoms with Gasteiger partial charge in [-0.1, -0.05) is 56.2 Å². The topological polar surface area (TPSA) is 76.1 Å². The largest absolute Gasteiger partial charge is 0.481 e. The molecular formula is C27H46NO5+. The van der Waals surface area contributed by atoms with Crippen LogP contribution in [0, 0.1) is 0 Å². The van der Waals surface area contributed by atoms with Gasteiger partial charge in [-0.2, -0.15) is 0 Å². The van der Waals surface area contributed by atoms with E-state index in [1.165, 1.54) is 25.7 Å². The maximum atomic E-state index is 12.0. The Morgan fingerprint density at radius 1 is 0.939 bits per heavy atom. The van der Waals surface area contributed by atoms with Gasteiger partial charge in [0.2, 0.25) is 0 Å². The lowest BCUT2D eigenvalue weighted by molar-refractivity contribution is -0.873. The van der Waals surface area contributed by atoms with E-state index in [2.05, 4.69) is 43.4 Å². The molecule has 1 aliphatic rings. The number of carboxylic acids is 1. The molecule has 3 unspecified atom stereocenters. The molecular weight excluding hydrogens is 418 g/mol. The minimum Gasteiger partial charge on any atom is -0.481 e. The molecule has 0 bridgehead atoms. The van der Waals surface area contributed by atoms with Gasteiger partial charge >= 0.3 is 11.9 Å². The van der Waals surface area contributed by atoms with Crippen LogP contribution in [0.2, 0.25) is 0 Å². The number of hydrogen-bond acceptors (Lipinski definition) is 4. The van der Waals surface area contributed by atoms with Crippen molar-refractivity contribution < 1.29 is 28.7 Å². The number of nitrogens with zero attached hydrogens (tertiary/aromatic N) is 1. The summed E-state index contributed by atoms with van der Waals surface area (Å²) < 4.78 is 11.6. The number of rotatable bonds is 19. The Labute approximate surface area is 200 Å². The number of carboxylic acid groups (broad SMARTS) is 1. The highest BCUT2D eigenvalue weighted by Gasteiger charge is 2.35. The van der Waals surface area contributed by atoms with E-state index in [4.69, 9.17) is 14.6 Å². The Kier molecular flexibility index (Phi) is 14.7. The highest BCUT2D eigenvalue weighted by Crippen LogP contribution is 2.29. The second kappa shape index (κ2) is 16.7. The second-order valence-electron chi connectivity index (χ2n) is 9.90. The second-order valence-corrected chi connectivity index (χ2v) is 9.90. The van der Waals surface area contributed by atoms with Gasteiger partial charge < -0.3 is 19.1 Å². The van der Waals surface area contributed by atoms with Gasteiger partial charge in [-0.15, -0.1) is 0 Å². The molecule has 1 heterocycles. The zero-order chi connectivity index (χ0) is 24.5. The van der Waals surface area contributed by atoms with Gasteiger partial charge in [-0.3, -0.25) is 9.59 Å². The van der Waals surface area contributed by atoms with Crippen molar-refractivity contribution in [3.63, 3.8) is 0 Å². The van der Waals surface area contributed by atoms with E-state index in [1.54, 1.807) is 0 Å². The Balaban J connectivity index is 2.07. The molecule has 3 atom stereocenters. The average Bonchev–Trinajstić information content (AvgIpc) is 3.45. The number of epoxide rings is 1. The minimum absolute atomic E-state index is 0.157. The standard InChI is InChI=1S/C27H45NO5/c1-5-6-7-8-12-15-18-24-25(33-24)19-16-13-10-9-11-14-17-20-27(31)32-23(21-26(29)30)22-28(2,3)4/h9,11-13,15-16,23-25H,5-8,10,14,17-22H2,1-4H3/p+1/b11-9+,15-12+,16-13+. The van der Waals surface area contributed by atoms with Gasteiger partial charge in [-0.05, 0) is 44.9 Å². The van der Waals surface area contributed by atoms with Crippen molar-refractivity contribution in [1.29, 1.82) is 0 Å². The van der Waals surface area contributed by atoms with Crippen LogP contribution in [0.15, 0.2) is 36.5 Å². The first-order valence-electron chi connectivity index (χ1n) is 12.5. The van der Waals surface area contributed by atoms with Crippen LogP contribution < -0.4 is 0 Å². The maximum Gasteiger partial charge on any atom is 0.307 e. The first-order chi connectivity index (χ1) is 15.7. The smallest absolute Gasteiger partial charge is 0.307 e. The first-order valence-corrected chi connectivity index (χ1v) is 12.5. The summed E-state index contributed by atoms with van der Waals surface area (Å²) in [6.45, 7) is 2.71. The molecule has 0 aromatic carbocycles. The van der Waals surface area contributed by atoms with E-state index < -0.39 is 12.1 Å². The zero-order valence-electron chi connectivity index (χ0n) is 21.2. The van der Waals surface area contributed by atoms with Gasteiger partial charge in [-0.25, -0.2) is 0 Å². The number of esters is 1. The third-order valence-corrected chi connectivity index (χ3v) is 5.37. The van der Waals surface area contributed by atoms with Crippen LogP contribution in [0.1, 0.15) is 77.6 Å². The molecule has 0 spiro atoms. The molecule has 0 radical (unpaired) electrons. The molecule has 1 saturated heterocycles. The molecule has 33 heavy (non-hydrogen) atoms. The molecule has 6 nitrogen and oxygen atoms in total. The van der Waals surface area contributed by atoms with Gasteiger partial charge in [0.25, 0.3) is 0 Å². The summed E-state index contributed by atoms with van der Waals surface area (Å²) >= 11 is 0. The molecule has 0 amide bonds. The lowest BCUT2D eigenvalue weighted by atomic mass is 10.1. The lowest BCUT2D eigenvalue weighted by Crippen LogP contribution is -2.43. The van der Waals surface area contributed by atoms with E-state index in [-0.39, 0.29) is 12.4 Å². The van der Waals surface area contributed by atoms with Crippen molar-refractivity contribution in [3.05, 3.63) is 36.5 Å². The monoisotopic (exact) mass is 464 g/mol. The summed E-state index contributed by atoms with van der Waals surface area (Å²) in [4.78, 5) is 23.0. The van der Waals surface area contributed by atoms with Gasteiger partial charge in [0, 0.05) is 6.42 Å². The number of quaternary nitrogens is 1. The minimum atomic E-state index is -0.948. The fourth-order valence-corrected chi connectivity index (χ4v) is 3.63. The quantitative estimate of drug-likeness (QED) is 0.0906. The molecule has 1 aliphatic heterocycles. The van der Waals surface area contributed by atoms with Crippen molar-refractivity contribution in [3.8, 4) is 0 Å². The van der Waals surface area contributed by atoms with Crippen LogP contribution in [0.3, 0.4) is 0 Å². The van der Waals surface area contributed by atoms with Crippen molar-refractivity contribution in [1.82, 2.24) is 0 Å². The van der Waals surface area contributed by atoms with Crippen molar-refractivity contribution in [2.75, 3.05) is 27.7 Å². The molecule has 188 valence electrons. The fraction of sp³-hybridized carbons (Fsp3) is 0.704. The number of aliphatic carboxylic acids is 1. The molecule has 1 rings (SSSR count). The summed E-state index contributed by atoms with van der Waals surface area (Å²) in [6, 6.07) is 0. The Hall–Kier alpha value is -1.92. The summed E-state index contributed by atoms with van der Waals surface area (Å²) in [7, 11) is 5.85. The van der Waals surface area contributed by atoms with Crippen molar-refractivity contribution in [2.45, 2.75) is 95.9 Å². The van der Waals surface area contributed by atoms with E-state index in [0.717, 1.165) is 25.7 Å². The summed E-state index contributed by atoms with van der Waals surface area (Å²) in [5.74, 6) is -1.27. The molecule has 0 saturated carbocycles. The van der Waals surface area contributed by atoms with Crippen molar-refractivity contribution in [2.24, 2.45) is 0 Å². The van der Waals surface area contributed by atoms with E-state index in [0.29, 0.717) is 36.1 Å². The molecule has 0 aromatic heterocycles. The number of hydrogen-bond donors (Lipinski definition) is 1. The van der Waals surface area contributed by atoms with E-state index >= 15 is 0 Å². The molecule has 1 N–H and O–H groups in total. The molecule has 6 heteroatoms. The summed E-state index contributed by atoms with van der Waals surface area (Å²) in [5, 5.41) is 9.02. The fourth-order valence-electron chi connectivity index (χ4n) is 3.63. The number of carbonyl (C=O) groups excluding carboxylic acids is 1. The number of likely N-dealkylation sites (N-methyl/N-ethyl adjacent to an activating group) is 1. The molecule has 0 aromatic rings. The van der Waals surface area contributed by atoms with Gasteiger partial charge in [0.05, 0.1) is 39.8 Å². The van der Waals surface area contributed by atoms with Crippen LogP contribution in [0.25, 0.3) is 0 Å². The molecule has 1 fully saturated rings.